The predicted molar refractivity (Wildman–Crippen MR) is 87.3 cm³/mol. The van der Waals surface area contributed by atoms with Crippen LogP contribution in [0.4, 0.5) is 0 Å². The first-order chi connectivity index (χ1) is 9.90. The van der Waals surface area contributed by atoms with Crippen molar-refractivity contribution in [3.05, 3.63) is 29.8 Å². The van der Waals surface area contributed by atoms with Gasteiger partial charge < -0.3 is 10.2 Å². The van der Waals surface area contributed by atoms with Crippen LogP contribution in [0.15, 0.2) is 29.2 Å². The highest BCUT2D eigenvalue weighted by molar-refractivity contribution is 7.99. The summed E-state index contributed by atoms with van der Waals surface area (Å²) in [5.41, 5.74) is 1.41. The monoisotopic (exact) mass is 290 g/mol. The molecule has 20 heavy (non-hydrogen) atoms. The lowest BCUT2D eigenvalue weighted by molar-refractivity contribution is 0.242. The Labute approximate surface area is 127 Å². The van der Waals surface area contributed by atoms with Gasteiger partial charge in [-0.05, 0) is 56.5 Å². The Kier molecular flexibility index (Phi) is 5.40. The van der Waals surface area contributed by atoms with Crippen molar-refractivity contribution >= 4 is 11.8 Å². The molecule has 1 aromatic rings. The van der Waals surface area contributed by atoms with E-state index >= 15 is 0 Å². The van der Waals surface area contributed by atoms with E-state index in [2.05, 4.69) is 34.5 Å². The summed E-state index contributed by atoms with van der Waals surface area (Å²) in [6, 6.07) is 9.92. The Morgan fingerprint density at radius 3 is 2.50 bits per heavy atom. The smallest absolute Gasteiger partial charge is 0.0208 e. The van der Waals surface area contributed by atoms with E-state index < -0.39 is 0 Å². The van der Waals surface area contributed by atoms with Crippen LogP contribution >= 0.6 is 11.8 Å². The lowest BCUT2D eigenvalue weighted by Gasteiger charge is -2.26. The fourth-order valence-corrected chi connectivity index (χ4v) is 3.64. The molecule has 2 fully saturated rings. The first kappa shape index (κ1) is 14.4. The van der Waals surface area contributed by atoms with E-state index in [1.165, 1.54) is 68.0 Å². The number of piperidine rings is 1. The summed E-state index contributed by atoms with van der Waals surface area (Å²) >= 11 is 2.00. The van der Waals surface area contributed by atoms with Gasteiger partial charge in [0.15, 0.2) is 0 Å². The summed E-state index contributed by atoms with van der Waals surface area (Å²) in [4.78, 5) is 4.03. The molecular formula is C17H26N2S. The van der Waals surface area contributed by atoms with Crippen LogP contribution < -0.4 is 5.32 Å². The molecule has 1 aliphatic heterocycles. The van der Waals surface area contributed by atoms with Crippen LogP contribution in [0, 0.1) is 0 Å². The van der Waals surface area contributed by atoms with Crippen LogP contribution in [0.25, 0.3) is 0 Å². The Morgan fingerprint density at radius 2 is 1.80 bits per heavy atom. The molecule has 0 bridgehead atoms. The van der Waals surface area contributed by atoms with Crippen LogP contribution in [-0.2, 0) is 6.54 Å². The zero-order valence-electron chi connectivity index (χ0n) is 12.3. The van der Waals surface area contributed by atoms with Gasteiger partial charge in [0.1, 0.15) is 0 Å². The average Bonchev–Trinajstić information content (AvgIpc) is 3.32. The van der Waals surface area contributed by atoms with Gasteiger partial charge in [-0.1, -0.05) is 18.6 Å². The van der Waals surface area contributed by atoms with Crippen molar-refractivity contribution in [1.82, 2.24) is 10.2 Å². The van der Waals surface area contributed by atoms with Gasteiger partial charge in [-0.2, -0.15) is 0 Å². The molecule has 1 aromatic carbocycles. The summed E-state index contributed by atoms with van der Waals surface area (Å²) < 4.78 is 0. The molecule has 1 N–H and O–H groups in total. The van der Waals surface area contributed by atoms with Crippen LogP contribution in [0.1, 0.15) is 37.7 Å². The van der Waals surface area contributed by atoms with E-state index in [1.807, 2.05) is 11.8 Å². The first-order valence-corrected chi connectivity index (χ1v) is 9.06. The highest BCUT2D eigenvalue weighted by Gasteiger charge is 2.19. The quantitative estimate of drug-likeness (QED) is 0.774. The molecule has 1 heterocycles. The zero-order chi connectivity index (χ0) is 13.6. The summed E-state index contributed by atoms with van der Waals surface area (Å²) in [5.74, 6) is 1.22. The molecule has 0 unspecified atom stereocenters. The van der Waals surface area contributed by atoms with Crippen molar-refractivity contribution < 1.29 is 0 Å². The second-order valence-corrected chi connectivity index (χ2v) is 7.22. The third-order valence-corrected chi connectivity index (χ3v) is 5.21. The molecule has 0 amide bonds. The Balaban J connectivity index is 1.36. The Hall–Kier alpha value is -0.510. The number of hydrogen-bond donors (Lipinski definition) is 1. The third kappa shape index (κ3) is 4.80. The Morgan fingerprint density at radius 1 is 1.05 bits per heavy atom. The lowest BCUT2D eigenvalue weighted by atomic mass is 10.1. The minimum atomic E-state index is 0.800. The number of hydrogen-bond acceptors (Lipinski definition) is 3. The number of nitrogens with zero attached hydrogens (tertiary/aromatic N) is 1. The van der Waals surface area contributed by atoms with Gasteiger partial charge in [0.25, 0.3) is 0 Å². The zero-order valence-corrected chi connectivity index (χ0v) is 13.1. The van der Waals surface area contributed by atoms with Crippen LogP contribution in [-0.4, -0.2) is 36.3 Å². The molecule has 110 valence electrons. The summed E-state index contributed by atoms with van der Waals surface area (Å²) in [6.45, 7) is 4.90. The van der Waals surface area contributed by atoms with Crippen LogP contribution in [0.3, 0.4) is 0 Å². The summed E-state index contributed by atoms with van der Waals surface area (Å²) in [5, 5.41) is 3.57. The average molecular weight is 290 g/mol. The van der Waals surface area contributed by atoms with Gasteiger partial charge in [0.2, 0.25) is 0 Å². The van der Waals surface area contributed by atoms with E-state index in [4.69, 9.17) is 0 Å². The molecule has 0 radical (unpaired) electrons. The SMILES string of the molecule is c1cc(SCCN2CCCCC2)ccc1CNC1CC1. The first-order valence-electron chi connectivity index (χ1n) is 8.08. The van der Waals surface area contributed by atoms with Crippen molar-refractivity contribution in [3.8, 4) is 0 Å². The van der Waals surface area contributed by atoms with Gasteiger partial charge >= 0.3 is 0 Å². The molecule has 2 aliphatic rings. The molecule has 1 saturated carbocycles. The summed E-state index contributed by atoms with van der Waals surface area (Å²) in [7, 11) is 0. The van der Waals surface area contributed by atoms with E-state index in [1.54, 1.807) is 0 Å². The topological polar surface area (TPSA) is 15.3 Å². The van der Waals surface area contributed by atoms with Crippen molar-refractivity contribution in [2.45, 2.75) is 49.6 Å². The maximum Gasteiger partial charge on any atom is 0.0208 e. The lowest BCUT2D eigenvalue weighted by Crippen LogP contribution is -2.31. The summed E-state index contributed by atoms with van der Waals surface area (Å²) in [6.07, 6.45) is 6.95. The molecular weight excluding hydrogens is 264 g/mol. The van der Waals surface area contributed by atoms with Gasteiger partial charge in [0.05, 0.1) is 0 Å². The van der Waals surface area contributed by atoms with E-state index in [0.29, 0.717) is 0 Å². The number of rotatable bonds is 7. The van der Waals surface area contributed by atoms with Crippen LogP contribution in [0.5, 0.6) is 0 Å². The van der Waals surface area contributed by atoms with Gasteiger partial charge in [-0.15, -0.1) is 11.8 Å². The maximum atomic E-state index is 3.57. The molecule has 2 nitrogen and oxygen atoms in total. The van der Waals surface area contributed by atoms with Crippen molar-refractivity contribution in [2.75, 3.05) is 25.4 Å². The van der Waals surface area contributed by atoms with Crippen molar-refractivity contribution in [3.63, 3.8) is 0 Å². The normalized spacial score (nSPS) is 20.2. The Bertz CT molecular complexity index is 394. The molecule has 1 saturated heterocycles. The fraction of sp³-hybridized carbons (Fsp3) is 0.647. The number of thioether (sulfide) groups is 1. The molecule has 0 spiro atoms. The van der Waals surface area contributed by atoms with E-state index in [-0.39, 0.29) is 0 Å². The molecule has 0 atom stereocenters. The largest absolute Gasteiger partial charge is 0.310 e. The maximum absolute atomic E-state index is 3.57. The number of benzene rings is 1. The fourth-order valence-electron chi connectivity index (χ4n) is 2.73. The second kappa shape index (κ2) is 7.48. The predicted octanol–water partition coefficient (Wildman–Crippen LogP) is 3.52. The minimum Gasteiger partial charge on any atom is -0.310 e. The van der Waals surface area contributed by atoms with Crippen molar-refractivity contribution in [1.29, 1.82) is 0 Å². The standard InChI is InChI=1S/C17H26N2S/c1-2-10-19(11-3-1)12-13-20-17-8-4-15(5-9-17)14-18-16-6-7-16/h4-5,8-9,16,18H,1-3,6-7,10-14H2. The second-order valence-electron chi connectivity index (χ2n) is 6.05. The molecule has 3 heteroatoms. The van der Waals surface area contributed by atoms with Crippen LogP contribution in [0.2, 0.25) is 0 Å². The highest BCUT2D eigenvalue weighted by atomic mass is 32.2. The third-order valence-electron chi connectivity index (χ3n) is 4.22. The number of likely N-dealkylation sites (tertiary alicyclic amines) is 1. The molecule has 0 aromatic heterocycles. The highest BCUT2D eigenvalue weighted by Crippen LogP contribution is 2.21. The molecule has 1 aliphatic carbocycles. The van der Waals surface area contributed by atoms with E-state index in [0.717, 1.165) is 12.6 Å². The van der Waals surface area contributed by atoms with Gasteiger partial charge in [0, 0.05) is 29.8 Å². The minimum absolute atomic E-state index is 0.800. The van der Waals surface area contributed by atoms with Crippen molar-refractivity contribution in [2.24, 2.45) is 0 Å². The number of nitrogens with one attached hydrogen (secondary N) is 1. The van der Waals surface area contributed by atoms with Gasteiger partial charge in [-0.3, -0.25) is 0 Å². The molecule has 3 rings (SSSR count). The van der Waals surface area contributed by atoms with Gasteiger partial charge in [-0.25, -0.2) is 0 Å². The van der Waals surface area contributed by atoms with E-state index in [9.17, 15) is 0 Å².